The van der Waals surface area contributed by atoms with Crippen molar-refractivity contribution in [1.82, 2.24) is 9.80 Å². The Labute approximate surface area is 137 Å². The highest BCUT2D eigenvalue weighted by Crippen LogP contribution is 2.50. The van der Waals surface area contributed by atoms with Gasteiger partial charge in [0.25, 0.3) is 0 Å². The lowest BCUT2D eigenvalue weighted by Gasteiger charge is -2.56. The summed E-state index contributed by atoms with van der Waals surface area (Å²) in [6, 6.07) is 6.02. The number of amides is 1. The second-order valence-electron chi connectivity index (χ2n) is 7.70. The molecule has 1 saturated heterocycles. The van der Waals surface area contributed by atoms with Crippen LogP contribution in [0.4, 0.5) is 4.39 Å². The summed E-state index contributed by atoms with van der Waals surface area (Å²) in [4.78, 5) is 16.1. The minimum atomic E-state index is -0.0540. The Kier molecular flexibility index (Phi) is 3.67. The summed E-state index contributed by atoms with van der Waals surface area (Å²) in [5, 5.41) is 0. The zero-order chi connectivity index (χ0) is 16.0. The van der Waals surface area contributed by atoms with Gasteiger partial charge in [-0.1, -0.05) is 12.1 Å². The number of hydrogen-bond donors (Lipinski definition) is 0. The number of piperidine rings is 1. The smallest absolute Gasteiger partial charge is 0.219 e. The Bertz CT molecular complexity index is 624. The number of halogens is 1. The van der Waals surface area contributed by atoms with Crippen LogP contribution in [0.2, 0.25) is 0 Å². The third-order valence-corrected chi connectivity index (χ3v) is 6.21. The Balaban J connectivity index is 1.41. The van der Waals surface area contributed by atoms with Gasteiger partial charge in [0, 0.05) is 44.7 Å². The second kappa shape index (κ2) is 5.59. The lowest BCUT2D eigenvalue weighted by molar-refractivity contribution is -0.136. The molecule has 0 unspecified atom stereocenters. The third kappa shape index (κ3) is 2.67. The van der Waals surface area contributed by atoms with Crippen molar-refractivity contribution in [3.8, 4) is 0 Å². The number of carbonyl (C=O) groups is 1. The van der Waals surface area contributed by atoms with Crippen LogP contribution >= 0.6 is 0 Å². The largest absolute Gasteiger partial charge is 0.342 e. The van der Waals surface area contributed by atoms with E-state index in [9.17, 15) is 9.18 Å². The molecule has 2 fully saturated rings. The molecule has 2 heterocycles. The van der Waals surface area contributed by atoms with Crippen molar-refractivity contribution in [2.75, 3.05) is 19.6 Å². The Hall–Kier alpha value is -1.42. The van der Waals surface area contributed by atoms with Crippen molar-refractivity contribution < 1.29 is 9.18 Å². The first-order valence-electron chi connectivity index (χ1n) is 8.82. The molecule has 2 aliphatic heterocycles. The van der Waals surface area contributed by atoms with Crippen LogP contribution < -0.4 is 0 Å². The van der Waals surface area contributed by atoms with Crippen LogP contribution in [0, 0.1) is 11.2 Å². The Morgan fingerprint density at radius 1 is 1.30 bits per heavy atom. The quantitative estimate of drug-likeness (QED) is 0.795. The second-order valence-corrected chi connectivity index (χ2v) is 7.70. The molecular weight excluding hydrogens is 291 g/mol. The van der Waals surface area contributed by atoms with E-state index in [-0.39, 0.29) is 11.7 Å². The van der Waals surface area contributed by atoms with E-state index < -0.39 is 0 Å². The predicted molar refractivity (Wildman–Crippen MR) is 87.5 cm³/mol. The van der Waals surface area contributed by atoms with E-state index in [0.717, 1.165) is 44.6 Å². The summed E-state index contributed by atoms with van der Waals surface area (Å²) in [6.45, 7) is 5.31. The van der Waals surface area contributed by atoms with Crippen LogP contribution in [-0.4, -0.2) is 41.4 Å². The first-order chi connectivity index (χ1) is 11.1. The summed E-state index contributed by atoms with van der Waals surface area (Å²) in [5.41, 5.74) is 2.41. The molecule has 3 nitrogen and oxygen atoms in total. The fourth-order valence-corrected chi connectivity index (χ4v) is 4.88. The van der Waals surface area contributed by atoms with E-state index in [1.807, 2.05) is 11.0 Å². The number of nitrogens with zero attached hydrogens (tertiary/aromatic N) is 2. The van der Waals surface area contributed by atoms with E-state index in [2.05, 4.69) is 11.0 Å². The molecule has 0 aromatic heterocycles. The van der Waals surface area contributed by atoms with Crippen LogP contribution in [0.5, 0.6) is 0 Å². The first kappa shape index (κ1) is 15.1. The molecule has 0 N–H and O–H groups in total. The molecule has 4 rings (SSSR count). The van der Waals surface area contributed by atoms with Gasteiger partial charge in [0.05, 0.1) is 0 Å². The molecule has 4 heteroatoms. The summed E-state index contributed by atoms with van der Waals surface area (Å²) in [5.74, 6) is 0.156. The molecular formula is C19H25FN2O. The molecule has 0 bridgehead atoms. The Morgan fingerprint density at radius 3 is 2.91 bits per heavy atom. The fourth-order valence-electron chi connectivity index (χ4n) is 4.88. The zero-order valence-corrected chi connectivity index (χ0v) is 13.9. The normalized spacial score (nSPS) is 30.9. The van der Waals surface area contributed by atoms with Gasteiger partial charge in [-0.05, 0) is 49.1 Å². The number of benzene rings is 1. The summed E-state index contributed by atoms with van der Waals surface area (Å²) < 4.78 is 14.0. The number of fused-ring (bicyclic) bond motifs is 1. The van der Waals surface area contributed by atoms with Crippen molar-refractivity contribution in [2.45, 2.75) is 51.6 Å². The van der Waals surface area contributed by atoms with E-state index in [4.69, 9.17) is 0 Å². The van der Waals surface area contributed by atoms with E-state index in [1.54, 1.807) is 13.0 Å². The maximum absolute atomic E-state index is 14.0. The minimum Gasteiger partial charge on any atom is -0.342 e. The highest BCUT2D eigenvalue weighted by Gasteiger charge is 2.49. The lowest BCUT2D eigenvalue weighted by atomic mass is 9.60. The highest BCUT2D eigenvalue weighted by atomic mass is 19.1. The van der Waals surface area contributed by atoms with Gasteiger partial charge in [-0.25, -0.2) is 4.39 Å². The molecule has 0 atom stereocenters. The highest BCUT2D eigenvalue weighted by molar-refractivity contribution is 5.73. The molecule has 1 spiro atoms. The van der Waals surface area contributed by atoms with Crippen LogP contribution in [-0.2, 0) is 17.8 Å². The monoisotopic (exact) mass is 316 g/mol. The molecule has 1 saturated carbocycles. The van der Waals surface area contributed by atoms with Gasteiger partial charge in [0.15, 0.2) is 0 Å². The van der Waals surface area contributed by atoms with Crippen LogP contribution in [0.3, 0.4) is 0 Å². The van der Waals surface area contributed by atoms with Gasteiger partial charge in [-0.3, -0.25) is 9.69 Å². The van der Waals surface area contributed by atoms with Crippen molar-refractivity contribution >= 4 is 5.91 Å². The van der Waals surface area contributed by atoms with E-state index >= 15 is 0 Å². The van der Waals surface area contributed by atoms with Gasteiger partial charge in [-0.15, -0.1) is 0 Å². The maximum atomic E-state index is 14.0. The van der Waals surface area contributed by atoms with Crippen molar-refractivity contribution in [2.24, 2.45) is 5.41 Å². The molecule has 1 aromatic rings. The first-order valence-corrected chi connectivity index (χ1v) is 8.82. The average Bonchev–Trinajstić information content (AvgIpc) is 2.53. The standard InChI is InChI=1S/C19H25FN2O/c1-14(23)22-8-3-7-19(13-22)10-16(11-19)21-9-6-15-4-2-5-18(20)17(15)12-21/h2,4-5,16H,3,6-13H2,1H3. The summed E-state index contributed by atoms with van der Waals surface area (Å²) in [7, 11) is 0. The van der Waals surface area contributed by atoms with Crippen molar-refractivity contribution in [3.63, 3.8) is 0 Å². The van der Waals surface area contributed by atoms with Gasteiger partial charge in [0.2, 0.25) is 5.91 Å². The van der Waals surface area contributed by atoms with Gasteiger partial charge < -0.3 is 4.90 Å². The van der Waals surface area contributed by atoms with Gasteiger partial charge in [0.1, 0.15) is 5.82 Å². The Morgan fingerprint density at radius 2 is 2.13 bits per heavy atom. The summed E-state index contributed by atoms with van der Waals surface area (Å²) >= 11 is 0. The predicted octanol–water partition coefficient (Wildman–Crippen LogP) is 2.97. The molecule has 3 aliphatic rings. The van der Waals surface area contributed by atoms with Crippen molar-refractivity contribution in [1.29, 1.82) is 0 Å². The molecule has 0 radical (unpaired) electrons. The molecule has 1 aliphatic carbocycles. The SMILES string of the molecule is CC(=O)N1CCCC2(CC(N3CCc4cccc(F)c4C3)C2)C1. The maximum Gasteiger partial charge on any atom is 0.219 e. The topological polar surface area (TPSA) is 23.6 Å². The van der Waals surface area contributed by atoms with Gasteiger partial charge >= 0.3 is 0 Å². The number of likely N-dealkylation sites (tertiary alicyclic amines) is 1. The van der Waals surface area contributed by atoms with Crippen LogP contribution in [0.1, 0.15) is 43.7 Å². The average molecular weight is 316 g/mol. The zero-order valence-electron chi connectivity index (χ0n) is 13.9. The number of rotatable bonds is 1. The van der Waals surface area contributed by atoms with Crippen molar-refractivity contribution in [3.05, 3.63) is 35.1 Å². The fraction of sp³-hybridized carbons (Fsp3) is 0.632. The summed E-state index contributed by atoms with van der Waals surface area (Å²) in [6.07, 6.45) is 5.66. The third-order valence-electron chi connectivity index (χ3n) is 6.21. The van der Waals surface area contributed by atoms with Gasteiger partial charge in [-0.2, -0.15) is 0 Å². The van der Waals surface area contributed by atoms with E-state index in [0.29, 0.717) is 11.5 Å². The molecule has 23 heavy (non-hydrogen) atoms. The number of carbonyl (C=O) groups excluding carboxylic acids is 1. The van der Waals surface area contributed by atoms with E-state index in [1.165, 1.54) is 24.8 Å². The lowest BCUT2D eigenvalue weighted by Crippen LogP contribution is -2.58. The van der Waals surface area contributed by atoms with Crippen LogP contribution in [0.15, 0.2) is 18.2 Å². The molecule has 1 amide bonds. The molecule has 124 valence electrons. The minimum absolute atomic E-state index is 0.0540. The van der Waals surface area contributed by atoms with Crippen LogP contribution in [0.25, 0.3) is 0 Å². The molecule has 1 aromatic carbocycles. The number of hydrogen-bond acceptors (Lipinski definition) is 2.